The summed E-state index contributed by atoms with van der Waals surface area (Å²) in [5, 5.41) is 0. The van der Waals surface area contributed by atoms with Crippen LogP contribution in [0.4, 0.5) is 0 Å². The molecule has 2 fully saturated rings. The first-order chi connectivity index (χ1) is 10.9. The maximum Gasteiger partial charge on any atom is 0.115 e. The van der Waals surface area contributed by atoms with Gasteiger partial charge in [-0.1, -0.05) is 6.07 Å². The highest BCUT2D eigenvalue weighted by atomic mass is 16.5. The zero-order valence-corrected chi connectivity index (χ0v) is 12.5. The highest BCUT2D eigenvalue weighted by Crippen LogP contribution is 2.40. The average molecular weight is 296 g/mol. The van der Waals surface area contributed by atoms with E-state index in [-0.39, 0.29) is 6.10 Å². The molecule has 0 aromatic carbocycles. The monoisotopic (exact) mass is 296 g/mol. The number of rotatable bonds is 3. The minimum atomic E-state index is 0.132. The normalized spacial score (nSPS) is 28.5. The Bertz CT molecular complexity index is 607. The maximum atomic E-state index is 6.27. The molecule has 114 valence electrons. The molecule has 0 bridgehead atoms. The van der Waals surface area contributed by atoms with Gasteiger partial charge in [-0.25, -0.2) is 9.97 Å². The molecular weight excluding hydrogens is 276 g/mol. The van der Waals surface area contributed by atoms with Gasteiger partial charge in [0.25, 0.3) is 0 Å². The second-order valence-corrected chi connectivity index (χ2v) is 6.14. The summed E-state index contributed by atoms with van der Waals surface area (Å²) in [6.07, 6.45) is 7.98. The molecule has 2 saturated heterocycles. The number of nitrogens with zero attached hydrogens (tertiary/aromatic N) is 4. The summed E-state index contributed by atoms with van der Waals surface area (Å²) in [5.74, 6) is 0.653. The summed E-state index contributed by atoms with van der Waals surface area (Å²) in [6, 6.07) is 8.06. The molecule has 5 nitrogen and oxygen atoms in total. The molecule has 4 heterocycles. The van der Waals surface area contributed by atoms with E-state index in [4.69, 9.17) is 4.74 Å². The van der Waals surface area contributed by atoms with Crippen molar-refractivity contribution in [2.24, 2.45) is 5.92 Å². The summed E-state index contributed by atoms with van der Waals surface area (Å²) in [7, 11) is 0. The molecule has 2 aliphatic heterocycles. The number of hydrogen-bond acceptors (Lipinski definition) is 5. The van der Waals surface area contributed by atoms with Crippen LogP contribution in [0.2, 0.25) is 0 Å². The van der Waals surface area contributed by atoms with Crippen molar-refractivity contribution in [3.8, 4) is 0 Å². The summed E-state index contributed by atoms with van der Waals surface area (Å²) in [6.45, 7) is 3.02. The second kappa shape index (κ2) is 6.10. The first-order valence-electron chi connectivity index (χ1n) is 7.92. The quantitative estimate of drug-likeness (QED) is 0.869. The third-order valence-electron chi connectivity index (χ3n) is 4.68. The lowest BCUT2D eigenvalue weighted by Crippen LogP contribution is -2.41. The fourth-order valence-corrected chi connectivity index (χ4v) is 3.54. The van der Waals surface area contributed by atoms with Crippen LogP contribution < -0.4 is 0 Å². The van der Waals surface area contributed by atoms with Crippen LogP contribution in [-0.2, 0) is 11.3 Å². The number of aromatic nitrogens is 3. The van der Waals surface area contributed by atoms with Crippen molar-refractivity contribution < 1.29 is 4.74 Å². The number of likely N-dealkylation sites (tertiary alicyclic amines) is 1. The first-order valence-corrected chi connectivity index (χ1v) is 7.92. The highest BCUT2D eigenvalue weighted by Gasteiger charge is 2.40. The van der Waals surface area contributed by atoms with Crippen LogP contribution in [0.1, 0.15) is 30.3 Å². The van der Waals surface area contributed by atoms with Gasteiger partial charge >= 0.3 is 0 Å². The zero-order chi connectivity index (χ0) is 14.8. The van der Waals surface area contributed by atoms with Gasteiger partial charge in [-0.2, -0.15) is 0 Å². The number of piperidine rings is 1. The molecule has 4 rings (SSSR count). The third-order valence-corrected chi connectivity index (χ3v) is 4.68. The number of ether oxygens (including phenoxy) is 1. The van der Waals surface area contributed by atoms with E-state index in [0.717, 1.165) is 37.4 Å². The third kappa shape index (κ3) is 2.87. The Morgan fingerprint density at radius 2 is 2.18 bits per heavy atom. The van der Waals surface area contributed by atoms with Crippen LogP contribution in [0, 0.1) is 5.92 Å². The molecule has 2 aromatic heterocycles. The van der Waals surface area contributed by atoms with Gasteiger partial charge in [0, 0.05) is 25.5 Å². The Hall–Kier alpha value is -1.85. The molecule has 0 unspecified atom stereocenters. The topological polar surface area (TPSA) is 51.1 Å². The number of pyridine rings is 1. The Morgan fingerprint density at radius 3 is 3.00 bits per heavy atom. The van der Waals surface area contributed by atoms with Gasteiger partial charge in [0.1, 0.15) is 12.4 Å². The van der Waals surface area contributed by atoms with Gasteiger partial charge in [0.05, 0.1) is 17.5 Å². The van der Waals surface area contributed by atoms with E-state index in [2.05, 4.69) is 25.9 Å². The average Bonchev–Trinajstić information content (AvgIpc) is 3.00. The van der Waals surface area contributed by atoms with E-state index in [1.165, 1.54) is 6.42 Å². The van der Waals surface area contributed by atoms with Crippen LogP contribution in [0.25, 0.3) is 0 Å². The van der Waals surface area contributed by atoms with Crippen molar-refractivity contribution in [3.05, 3.63) is 54.4 Å². The fraction of sp³-hybridized carbons (Fsp3) is 0.471. The first kappa shape index (κ1) is 13.8. The van der Waals surface area contributed by atoms with Gasteiger partial charge in [0.15, 0.2) is 0 Å². The van der Waals surface area contributed by atoms with Crippen LogP contribution >= 0.6 is 0 Å². The molecule has 2 aliphatic rings. The smallest absolute Gasteiger partial charge is 0.115 e. The Morgan fingerprint density at radius 1 is 1.18 bits per heavy atom. The van der Waals surface area contributed by atoms with E-state index >= 15 is 0 Å². The van der Waals surface area contributed by atoms with Crippen LogP contribution in [0.15, 0.2) is 43.0 Å². The molecule has 5 heteroatoms. The number of fused-ring (bicyclic) bond motifs is 1. The second-order valence-electron chi connectivity index (χ2n) is 6.14. The van der Waals surface area contributed by atoms with Gasteiger partial charge in [0.2, 0.25) is 0 Å². The predicted octanol–water partition coefficient (Wildman–Crippen LogP) is 2.22. The van der Waals surface area contributed by atoms with Crippen molar-refractivity contribution in [1.29, 1.82) is 0 Å². The molecule has 0 radical (unpaired) electrons. The molecule has 3 atom stereocenters. The molecule has 0 saturated carbocycles. The Balaban J connectivity index is 1.39. The SMILES string of the molecule is c1ccc(CN2CC[C@H]3C[C@H](c4ccncn4)O[C@@H]3C2)nc1. The van der Waals surface area contributed by atoms with Crippen LogP contribution in [0.3, 0.4) is 0 Å². The highest BCUT2D eigenvalue weighted by molar-refractivity contribution is 5.07. The summed E-state index contributed by atoms with van der Waals surface area (Å²) >= 11 is 0. The summed E-state index contributed by atoms with van der Waals surface area (Å²) in [4.78, 5) is 15.2. The summed E-state index contributed by atoms with van der Waals surface area (Å²) in [5.41, 5.74) is 2.15. The molecule has 2 aromatic rings. The minimum absolute atomic E-state index is 0.132. The molecule has 0 amide bonds. The molecule has 0 N–H and O–H groups in total. The van der Waals surface area contributed by atoms with E-state index in [1.807, 2.05) is 24.4 Å². The van der Waals surface area contributed by atoms with Crippen molar-refractivity contribution in [2.75, 3.05) is 13.1 Å². The van der Waals surface area contributed by atoms with Crippen molar-refractivity contribution >= 4 is 0 Å². The Labute approximate surface area is 130 Å². The standard InChI is InChI=1S/C17H20N4O/c1-2-6-19-14(3-1)10-21-8-5-13-9-16(22-17(13)11-21)15-4-7-18-12-20-15/h1-4,6-7,12-13,16-17H,5,8-11H2/t13-,16+,17+/m0/s1. The fourth-order valence-electron chi connectivity index (χ4n) is 3.54. The minimum Gasteiger partial charge on any atom is -0.367 e. The lowest BCUT2D eigenvalue weighted by atomic mass is 9.91. The van der Waals surface area contributed by atoms with Crippen molar-refractivity contribution in [3.63, 3.8) is 0 Å². The van der Waals surface area contributed by atoms with Gasteiger partial charge in [-0.3, -0.25) is 9.88 Å². The van der Waals surface area contributed by atoms with Crippen LogP contribution in [0.5, 0.6) is 0 Å². The van der Waals surface area contributed by atoms with Crippen LogP contribution in [-0.4, -0.2) is 39.0 Å². The maximum absolute atomic E-state index is 6.27. The molecule has 0 spiro atoms. The Kier molecular flexibility index (Phi) is 3.83. The molecular formula is C17H20N4O. The van der Waals surface area contributed by atoms with Gasteiger partial charge in [-0.05, 0) is 43.5 Å². The van der Waals surface area contributed by atoms with E-state index in [0.29, 0.717) is 12.0 Å². The lowest BCUT2D eigenvalue weighted by molar-refractivity contribution is -0.0109. The molecule has 22 heavy (non-hydrogen) atoms. The van der Waals surface area contributed by atoms with Gasteiger partial charge in [-0.15, -0.1) is 0 Å². The largest absolute Gasteiger partial charge is 0.367 e. The zero-order valence-electron chi connectivity index (χ0n) is 12.5. The van der Waals surface area contributed by atoms with Crippen molar-refractivity contribution in [2.45, 2.75) is 31.6 Å². The van der Waals surface area contributed by atoms with Gasteiger partial charge < -0.3 is 4.74 Å². The number of hydrogen-bond donors (Lipinski definition) is 0. The summed E-state index contributed by atoms with van der Waals surface area (Å²) < 4.78 is 6.27. The molecule has 0 aliphatic carbocycles. The predicted molar refractivity (Wildman–Crippen MR) is 81.9 cm³/mol. The van der Waals surface area contributed by atoms with E-state index < -0.39 is 0 Å². The van der Waals surface area contributed by atoms with E-state index in [9.17, 15) is 0 Å². The lowest BCUT2D eigenvalue weighted by Gasteiger charge is -2.33. The van der Waals surface area contributed by atoms with E-state index in [1.54, 1.807) is 12.5 Å². The van der Waals surface area contributed by atoms with Crippen molar-refractivity contribution in [1.82, 2.24) is 19.9 Å².